The van der Waals surface area contributed by atoms with Gasteiger partial charge in [-0.05, 0) is 5.59 Å². The summed E-state index contributed by atoms with van der Waals surface area (Å²) in [6.45, 7) is 5.74. The van der Waals surface area contributed by atoms with Gasteiger partial charge in [0.25, 0.3) is 0 Å². The van der Waals surface area contributed by atoms with Crippen LogP contribution < -0.4 is 11.1 Å². The van der Waals surface area contributed by atoms with Gasteiger partial charge in [-0.2, -0.15) is 0 Å². The lowest BCUT2D eigenvalue weighted by Gasteiger charge is -1.85. The van der Waals surface area contributed by atoms with E-state index in [2.05, 4.69) is 21.1 Å². The Balaban J connectivity index is 0.000000222. The molecule has 4 nitrogen and oxygen atoms in total. The van der Waals surface area contributed by atoms with E-state index >= 15 is 0 Å². The predicted octanol–water partition coefficient (Wildman–Crippen LogP) is 0.385. The second-order valence-electron chi connectivity index (χ2n) is 0.947. The highest BCUT2D eigenvalue weighted by Crippen LogP contribution is 1.77. The van der Waals surface area contributed by atoms with Crippen LogP contribution in [0.2, 0.25) is 0 Å². The van der Waals surface area contributed by atoms with Gasteiger partial charge < -0.3 is 4.84 Å². The average Bonchev–Trinajstić information content (AvgIpc) is 2.24. The first-order chi connectivity index (χ1) is 3.89. The molecule has 0 aromatic carbocycles. The van der Waals surface area contributed by atoms with Crippen LogP contribution in [-0.2, 0) is 4.84 Å². The molecule has 4 heteroatoms. The predicted molar refractivity (Wildman–Crippen MR) is 31.8 cm³/mol. The Morgan fingerprint density at radius 1 is 1.50 bits per heavy atom. The standard InChI is InChI=1S/C2H5N3O.C2H6/c1-2-3-4-5-6-2;1-2/h4-5H,1H3;1-2H3. The first-order valence-corrected chi connectivity index (χ1v) is 2.61. The lowest BCUT2D eigenvalue weighted by molar-refractivity contribution is 0.172. The maximum absolute atomic E-state index is 4.54. The third-order valence-corrected chi connectivity index (χ3v) is 0.458. The van der Waals surface area contributed by atoms with Crippen molar-refractivity contribution in [1.82, 2.24) is 11.1 Å². The highest BCUT2D eigenvalue weighted by molar-refractivity contribution is 5.73. The van der Waals surface area contributed by atoms with Gasteiger partial charge in [-0.25, -0.2) is 5.53 Å². The second kappa shape index (κ2) is 4.39. The molecule has 0 amide bonds. The van der Waals surface area contributed by atoms with Gasteiger partial charge in [-0.3, -0.25) is 0 Å². The van der Waals surface area contributed by atoms with Crippen molar-refractivity contribution in [2.45, 2.75) is 20.8 Å². The first kappa shape index (κ1) is 7.23. The van der Waals surface area contributed by atoms with E-state index in [-0.39, 0.29) is 0 Å². The fraction of sp³-hybridized carbons (Fsp3) is 0.750. The van der Waals surface area contributed by atoms with Crippen molar-refractivity contribution in [1.29, 1.82) is 0 Å². The minimum absolute atomic E-state index is 0.606. The lowest BCUT2D eigenvalue weighted by atomic mass is 10.8. The summed E-state index contributed by atoms with van der Waals surface area (Å²) in [5, 5.41) is 3.57. The van der Waals surface area contributed by atoms with Crippen LogP contribution in [0, 0.1) is 0 Å². The molecule has 2 N–H and O–H groups in total. The topological polar surface area (TPSA) is 45.7 Å². The van der Waals surface area contributed by atoms with Crippen molar-refractivity contribution < 1.29 is 4.84 Å². The summed E-state index contributed by atoms with van der Waals surface area (Å²) in [4.78, 5) is 4.54. The van der Waals surface area contributed by atoms with Gasteiger partial charge in [0.1, 0.15) is 0 Å². The zero-order chi connectivity index (χ0) is 6.41. The SMILES string of the molecule is CC.CC1=NNNO1. The largest absolute Gasteiger partial charge is 0.371 e. The molecule has 0 aromatic rings. The molecule has 1 heterocycles. The van der Waals surface area contributed by atoms with Gasteiger partial charge >= 0.3 is 0 Å². The number of hydrazine groups is 1. The molecule has 0 saturated carbocycles. The van der Waals surface area contributed by atoms with Crippen LogP contribution in [0.4, 0.5) is 0 Å². The summed E-state index contributed by atoms with van der Waals surface area (Å²) in [5.74, 6) is 0.606. The van der Waals surface area contributed by atoms with Gasteiger partial charge in [0.05, 0.1) is 0 Å². The van der Waals surface area contributed by atoms with Gasteiger partial charge in [-0.15, -0.1) is 5.10 Å². The van der Waals surface area contributed by atoms with Gasteiger partial charge in [-0.1, -0.05) is 13.8 Å². The average molecular weight is 117 g/mol. The zero-order valence-corrected chi connectivity index (χ0v) is 5.36. The maximum atomic E-state index is 4.54. The van der Waals surface area contributed by atoms with Crippen molar-refractivity contribution in [3.63, 3.8) is 0 Å². The van der Waals surface area contributed by atoms with E-state index in [1.54, 1.807) is 6.92 Å². The van der Waals surface area contributed by atoms with E-state index in [0.717, 1.165) is 0 Å². The van der Waals surface area contributed by atoms with Crippen LogP contribution in [0.1, 0.15) is 20.8 Å². The third kappa shape index (κ3) is 2.41. The number of hydrogen-bond acceptors (Lipinski definition) is 4. The number of hydrogen-bond donors (Lipinski definition) is 2. The monoisotopic (exact) mass is 117 g/mol. The molecule has 0 atom stereocenters. The second-order valence-corrected chi connectivity index (χ2v) is 0.947. The molecular weight excluding hydrogens is 106 g/mol. The summed E-state index contributed by atoms with van der Waals surface area (Å²) in [6.07, 6.45) is 0. The summed E-state index contributed by atoms with van der Waals surface area (Å²) in [6, 6.07) is 0. The normalized spacial score (nSPS) is 14.6. The molecule has 0 fully saturated rings. The summed E-state index contributed by atoms with van der Waals surface area (Å²) >= 11 is 0. The van der Waals surface area contributed by atoms with E-state index in [0.29, 0.717) is 5.90 Å². The van der Waals surface area contributed by atoms with Gasteiger partial charge in [0.2, 0.25) is 5.90 Å². The molecule has 0 aromatic heterocycles. The van der Waals surface area contributed by atoms with Gasteiger partial charge in [0.15, 0.2) is 0 Å². The van der Waals surface area contributed by atoms with E-state index in [4.69, 9.17) is 0 Å². The van der Waals surface area contributed by atoms with Crippen LogP contribution in [0.3, 0.4) is 0 Å². The van der Waals surface area contributed by atoms with Crippen molar-refractivity contribution in [2.75, 3.05) is 0 Å². The molecule has 0 saturated heterocycles. The molecule has 0 radical (unpaired) electrons. The van der Waals surface area contributed by atoms with Crippen LogP contribution >= 0.6 is 0 Å². The third-order valence-electron chi connectivity index (χ3n) is 0.458. The number of nitrogens with one attached hydrogen (secondary N) is 2. The van der Waals surface area contributed by atoms with E-state index in [1.165, 1.54) is 0 Å². The Bertz CT molecular complexity index is 81.4. The molecule has 0 aliphatic carbocycles. The minimum Gasteiger partial charge on any atom is -0.371 e. The maximum Gasteiger partial charge on any atom is 0.231 e. The quantitative estimate of drug-likeness (QED) is 0.482. The van der Waals surface area contributed by atoms with E-state index < -0.39 is 0 Å². The van der Waals surface area contributed by atoms with Crippen molar-refractivity contribution in [3.05, 3.63) is 0 Å². The molecule has 1 rings (SSSR count). The first-order valence-electron chi connectivity index (χ1n) is 2.61. The summed E-state index contributed by atoms with van der Waals surface area (Å²) in [5.41, 5.74) is 4.71. The zero-order valence-electron chi connectivity index (χ0n) is 5.36. The molecule has 0 bridgehead atoms. The Labute approximate surface area is 48.8 Å². The Kier molecular flexibility index (Phi) is 3.97. The number of nitrogens with zero attached hydrogens (tertiary/aromatic N) is 1. The van der Waals surface area contributed by atoms with Crippen LogP contribution in [0.25, 0.3) is 0 Å². The smallest absolute Gasteiger partial charge is 0.231 e. The number of rotatable bonds is 0. The van der Waals surface area contributed by atoms with Crippen LogP contribution in [0.15, 0.2) is 5.10 Å². The highest BCUT2D eigenvalue weighted by atomic mass is 16.7. The minimum atomic E-state index is 0.606. The Morgan fingerprint density at radius 3 is 2.25 bits per heavy atom. The molecule has 1 aliphatic heterocycles. The van der Waals surface area contributed by atoms with Crippen molar-refractivity contribution in [2.24, 2.45) is 5.10 Å². The number of hydrazone groups is 1. The molecule has 8 heavy (non-hydrogen) atoms. The van der Waals surface area contributed by atoms with Crippen molar-refractivity contribution >= 4 is 5.90 Å². The molecule has 0 unspecified atom stereocenters. The Hall–Kier alpha value is -0.770. The summed E-state index contributed by atoms with van der Waals surface area (Å²) < 4.78 is 0. The lowest BCUT2D eigenvalue weighted by Crippen LogP contribution is -2.18. The highest BCUT2D eigenvalue weighted by Gasteiger charge is 1.94. The molecule has 0 spiro atoms. The van der Waals surface area contributed by atoms with E-state index in [9.17, 15) is 0 Å². The molecule has 48 valence electrons. The van der Waals surface area contributed by atoms with E-state index in [1.807, 2.05) is 13.8 Å². The van der Waals surface area contributed by atoms with Crippen molar-refractivity contribution in [3.8, 4) is 0 Å². The summed E-state index contributed by atoms with van der Waals surface area (Å²) in [7, 11) is 0. The fourth-order valence-corrected chi connectivity index (χ4v) is 0.221. The molecule has 1 aliphatic rings. The van der Waals surface area contributed by atoms with Crippen LogP contribution in [-0.4, -0.2) is 5.90 Å². The Morgan fingerprint density at radius 2 is 2.12 bits per heavy atom. The molecular formula is C4H11N3O. The van der Waals surface area contributed by atoms with Crippen LogP contribution in [0.5, 0.6) is 0 Å². The fourth-order valence-electron chi connectivity index (χ4n) is 0.221. The van der Waals surface area contributed by atoms with Gasteiger partial charge in [0, 0.05) is 6.92 Å².